The number of fused-ring (bicyclic) bond motifs is 1. The van der Waals surface area contributed by atoms with Crippen molar-refractivity contribution in [2.45, 2.75) is 12.8 Å². The van der Waals surface area contributed by atoms with Crippen molar-refractivity contribution in [1.82, 2.24) is 9.97 Å². The van der Waals surface area contributed by atoms with Gasteiger partial charge in [-0.15, -0.1) is 0 Å². The first-order chi connectivity index (χ1) is 14.0. The fourth-order valence-electron chi connectivity index (χ4n) is 4.42. The van der Waals surface area contributed by atoms with Crippen molar-refractivity contribution >= 4 is 34.0 Å². The van der Waals surface area contributed by atoms with Crippen LogP contribution < -0.4 is 10.6 Å². The average Bonchev–Trinajstić information content (AvgIpc) is 3.36. The summed E-state index contributed by atoms with van der Waals surface area (Å²) in [5, 5.41) is 0.0924. The second-order valence-electron chi connectivity index (χ2n) is 7.85. The molecule has 8 heteroatoms. The highest BCUT2D eigenvalue weighted by atomic mass is 35.5. The Labute approximate surface area is 171 Å². The van der Waals surface area contributed by atoms with Crippen LogP contribution in [0.5, 0.6) is 0 Å². The number of benzene rings is 2. The van der Waals surface area contributed by atoms with Crippen molar-refractivity contribution in [3.63, 3.8) is 0 Å². The molecule has 2 fully saturated rings. The molecular weight excluding hydrogens is 398 g/mol. The standard InChI is InChI=1S/C21H19ClF2N4O/c22-17-16(23)2-1-13(18(17)24)14-7-12(8-15-19(14)26-11-27-20(15)25)28-5-3-21(9-28)4-6-29-10-21/h1-2,7-8,11H,3-6,9-10H2,(H2,25,26,27)/t21-/m1/s1. The number of aromatic nitrogens is 2. The predicted molar refractivity (Wildman–Crippen MR) is 109 cm³/mol. The van der Waals surface area contributed by atoms with Gasteiger partial charge in [0.2, 0.25) is 0 Å². The van der Waals surface area contributed by atoms with Crippen molar-refractivity contribution in [2.24, 2.45) is 5.41 Å². The van der Waals surface area contributed by atoms with Crippen LogP contribution in [-0.2, 0) is 4.74 Å². The van der Waals surface area contributed by atoms with Crippen LogP contribution in [0.25, 0.3) is 22.0 Å². The molecule has 3 heterocycles. The quantitative estimate of drug-likeness (QED) is 0.626. The fourth-order valence-corrected chi connectivity index (χ4v) is 4.59. The van der Waals surface area contributed by atoms with Gasteiger partial charge in [0.1, 0.15) is 23.0 Å². The molecule has 2 aliphatic rings. The van der Waals surface area contributed by atoms with Crippen molar-refractivity contribution in [3.8, 4) is 11.1 Å². The Morgan fingerprint density at radius 3 is 2.79 bits per heavy atom. The summed E-state index contributed by atoms with van der Waals surface area (Å²) in [7, 11) is 0. The maximum Gasteiger partial charge on any atom is 0.152 e. The maximum absolute atomic E-state index is 14.8. The van der Waals surface area contributed by atoms with E-state index >= 15 is 0 Å². The van der Waals surface area contributed by atoms with Gasteiger partial charge in [0.05, 0.1) is 12.1 Å². The number of nitrogens with zero attached hydrogens (tertiary/aromatic N) is 3. The summed E-state index contributed by atoms with van der Waals surface area (Å²) >= 11 is 5.83. The number of anilines is 2. The largest absolute Gasteiger partial charge is 0.383 e. The number of hydrogen-bond acceptors (Lipinski definition) is 5. The lowest BCUT2D eigenvalue weighted by molar-refractivity contribution is 0.160. The van der Waals surface area contributed by atoms with E-state index in [0.717, 1.165) is 50.9 Å². The summed E-state index contributed by atoms with van der Waals surface area (Å²) in [6, 6.07) is 6.34. The molecule has 0 aliphatic carbocycles. The van der Waals surface area contributed by atoms with Crippen LogP contribution in [0.1, 0.15) is 12.8 Å². The summed E-state index contributed by atoms with van der Waals surface area (Å²) in [6.07, 6.45) is 3.42. The minimum absolute atomic E-state index is 0.165. The Morgan fingerprint density at radius 1 is 1.14 bits per heavy atom. The highest BCUT2D eigenvalue weighted by molar-refractivity contribution is 6.31. The molecule has 3 aromatic rings. The number of nitrogens with two attached hydrogens (primary N) is 1. The van der Waals surface area contributed by atoms with E-state index in [0.29, 0.717) is 22.3 Å². The molecule has 2 aromatic carbocycles. The molecule has 0 saturated carbocycles. The monoisotopic (exact) mass is 416 g/mol. The molecule has 29 heavy (non-hydrogen) atoms. The minimum atomic E-state index is -0.815. The number of halogens is 3. The zero-order chi connectivity index (χ0) is 20.2. The molecule has 0 bridgehead atoms. The lowest BCUT2D eigenvalue weighted by Crippen LogP contribution is -2.27. The van der Waals surface area contributed by atoms with Gasteiger partial charge in [-0.2, -0.15) is 0 Å². The highest BCUT2D eigenvalue weighted by Crippen LogP contribution is 2.43. The number of hydrogen-bond donors (Lipinski definition) is 1. The number of nitrogen functional groups attached to an aromatic ring is 1. The molecule has 1 spiro atoms. The van der Waals surface area contributed by atoms with E-state index < -0.39 is 16.7 Å². The van der Waals surface area contributed by atoms with Gasteiger partial charge in [0.15, 0.2) is 5.82 Å². The normalized spacial score (nSPS) is 21.6. The summed E-state index contributed by atoms with van der Waals surface area (Å²) in [4.78, 5) is 10.7. The third-order valence-electron chi connectivity index (χ3n) is 6.07. The van der Waals surface area contributed by atoms with E-state index in [9.17, 15) is 8.78 Å². The SMILES string of the molecule is Nc1ncnc2c(-c3ccc(F)c(Cl)c3F)cc(N3CC[C@@]4(CCOC4)C3)cc12. The molecule has 5 rings (SSSR count). The van der Waals surface area contributed by atoms with Crippen LogP contribution in [0.15, 0.2) is 30.6 Å². The summed E-state index contributed by atoms with van der Waals surface area (Å²) in [5.41, 5.74) is 8.36. The first-order valence-corrected chi connectivity index (χ1v) is 9.86. The molecular formula is C21H19ClF2N4O. The van der Waals surface area contributed by atoms with Crippen LogP contribution >= 0.6 is 11.6 Å². The van der Waals surface area contributed by atoms with Crippen LogP contribution in [0.2, 0.25) is 5.02 Å². The van der Waals surface area contributed by atoms with E-state index in [1.165, 1.54) is 12.4 Å². The Hall–Kier alpha value is -2.51. The maximum atomic E-state index is 14.8. The molecule has 2 saturated heterocycles. The van der Waals surface area contributed by atoms with Gasteiger partial charge in [0.25, 0.3) is 0 Å². The Bertz CT molecular complexity index is 1120. The van der Waals surface area contributed by atoms with Crippen LogP contribution in [-0.4, -0.2) is 36.3 Å². The van der Waals surface area contributed by atoms with Gasteiger partial charge >= 0.3 is 0 Å². The average molecular weight is 417 g/mol. The lowest BCUT2D eigenvalue weighted by atomic mass is 9.87. The number of ether oxygens (including phenoxy) is 1. The van der Waals surface area contributed by atoms with Crippen molar-refractivity contribution < 1.29 is 13.5 Å². The van der Waals surface area contributed by atoms with Crippen LogP contribution in [0, 0.1) is 17.0 Å². The van der Waals surface area contributed by atoms with E-state index in [2.05, 4.69) is 14.9 Å². The van der Waals surface area contributed by atoms with Gasteiger partial charge in [-0.1, -0.05) is 11.6 Å². The van der Waals surface area contributed by atoms with Crippen molar-refractivity contribution in [1.29, 1.82) is 0 Å². The molecule has 5 nitrogen and oxygen atoms in total. The summed E-state index contributed by atoms with van der Waals surface area (Å²) < 4.78 is 34.2. The van der Waals surface area contributed by atoms with E-state index in [4.69, 9.17) is 22.1 Å². The van der Waals surface area contributed by atoms with Gasteiger partial charge < -0.3 is 15.4 Å². The topological polar surface area (TPSA) is 64.3 Å². The molecule has 150 valence electrons. The highest BCUT2D eigenvalue weighted by Gasteiger charge is 2.41. The molecule has 1 atom stereocenters. The minimum Gasteiger partial charge on any atom is -0.383 e. The lowest BCUT2D eigenvalue weighted by Gasteiger charge is -2.24. The number of rotatable bonds is 2. The Balaban J connectivity index is 1.68. The van der Waals surface area contributed by atoms with E-state index in [1.54, 1.807) is 0 Å². The Kier molecular flexibility index (Phi) is 4.33. The van der Waals surface area contributed by atoms with Gasteiger partial charge in [-0.25, -0.2) is 18.7 Å². The molecule has 0 amide bonds. The Morgan fingerprint density at radius 2 is 2.00 bits per heavy atom. The van der Waals surface area contributed by atoms with E-state index in [1.807, 2.05) is 12.1 Å². The summed E-state index contributed by atoms with van der Waals surface area (Å²) in [6.45, 7) is 3.28. The predicted octanol–water partition coefficient (Wildman–Crippen LogP) is 4.43. The van der Waals surface area contributed by atoms with Crippen molar-refractivity contribution in [2.75, 3.05) is 36.9 Å². The molecule has 1 aromatic heterocycles. The van der Waals surface area contributed by atoms with Gasteiger partial charge in [-0.05, 0) is 37.1 Å². The second kappa shape index (κ2) is 6.78. The molecule has 2 aliphatic heterocycles. The zero-order valence-corrected chi connectivity index (χ0v) is 16.3. The zero-order valence-electron chi connectivity index (χ0n) is 15.6. The second-order valence-corrected chi connectivity index (χ2v) is 8.22. The molecule has 0 unspecified atom stereocenters. The van der Waals surface area contributed by atoms with E-state index in [-0.39, 0.29) is 11.0 Å². The van der Waals surface area contributed by atoms with Gasteiger partial charge in [-0.3, -0.25) is 0 Å². The first kappa shape index (κ1) is 18.5. The molecule has 0 radical (unpaired) electrons. The molecule has 2 N–H and O–H groups in total. The third-order valence-corrected chi connectivity index (χ3v) is 6.41. The van der Waals surface area contributed by atoms with Crippen LogP contribution in [0.4, 0.5) is 20.3 Å². The van der Waals surface area contributed by atoms with Gasteiger partial charge in [0, 0.05) is 47.3 Å². The fraction of sp³-hybridized carbons (Fsp3) is 0.333. The third kappa shape index (κ3) is 3.00. The van der Waals surface area contributed by atoms with Crippen molar-refractivity contribution in [3.05, 3.63) is 47.2 Å². The summed E-state index contributed by atoms with van der Waals surface area (Å²) in [5.74, 6) is -1.31. The first-order valence-electron chi connectivity index (χ1n) is 9.48. The smallest absolute Gasteiger partial charge is 0.152 e. The van der Waals surface area contributed by atoms with Crippen LogP contribution in [0.3, 0.4) is 0 Å².